The molecule has 4 N–H and O–H groups in total. The minimum absolute atomic E-state index is 0.0926. The smallest absolute Gasteiger partial charge is 0.224 e. The molecule has 0 saturated carbocycles. The van der Waals surface area contributed by atoms with Crippen LogP contribution in [0.3, 0.4) is 0 Å². The molecule has 0 aromatic carbocycles. The predicted octanol–water partition coefficient (Wildman–Crippen LogP) is -0.386. The fourth-order valence-corrected chi connectivity index (χ4v) is 1.82. The number of nitrogens with one attached hydrogen (secondary N) is 2. The highest BCUT2D eigenvalue weighted by atomic mass is 16.2. The van der Waals surface area contributed by atoms with Gasteiger partial charge in [-0.25, -0.2) is 0 Å². The summed E-state index contributed by atoms with van der Waals surface area (Å²) in [5.74, 6) is 1.04. The van der Waals surface area contributed by atoms with Gasteiger partial charge in [-0.3, -0.25) is 9.59 Å². The second-order valence-electron chi connectivity index (χ2n) is 4.29. The first-order valence-electron chi connectivity index (χ1n) is 5.91. The second-order valence-corrected chi connectivity index (χ2v) is 4.29. The molecule has 0 aliphatic carbocycles. The van der Waals surface area contributed by atoms with E-state index in [4.69, 9.17) is 5.73 Å². The highest BCUT2D eigenvalue weighted by Crippen LogP contribution is 2.11. The molecule has 16 heavy (non-hydrogen) atoms. The van der Waals surface area contributed by atoms with Gasteiger partial charge < -0.3 is 16.4 Å². The van der Waals surface area contributed by atoms with Crippen LogP contribution in [0.15, 0.2) is 0 Å². The first kappa shape index (κ1) is 13.0. The van der Waals surface area contributed by atoms with E-state index < -0.39 is 0 Å². The average molecular weight is 227 g/mol. The maximum absolute atomic E-state index is 10.6. The van der Waals surface area contributed by atoms with Gasteiger partial charge in [-0.1, -0.05) is 13.3 Å². The molecular weight excluding hydrogens is 206 g/mol. The number of hydrogen-bond acceptors (Lipinski definition) is 3. The molecule has 92 valence electrons. The van der Waals surface area contributed by atoms with Crippen LogP contribution in [0.4, 0.5) is 0 Å². The van der Waals surface area contributed by atoms with Crippen LogP contribution in [0.2, 0.25) is 0 Å². The van der Waals surface area contributed by atoms with Gasteiger partial charge in [0.1, 0.15) is 0 Å². The zero-order chi connectivity index (χ0) is 12.0. The van der Waals surface area contributed by atoms with Crippen molar-refractivity contribution in [1.29, 1.82) is 0 Å². The highest BCUT2D eigenvalue weighted by molar-refractivity contribution is 5.80. The molecule has 5 nitrogen and oxygen atoms in total. The zero-order valence-corrected chi connectivity index (χ0v) is 9.79. The fraction of sp³-hybridized carbons (Fsp3) is 0.818. The van der Waals surface area contributed by atoms with Gasteiger partial charge in [-0.15, -0.1) is 0 Å². The van der Waals surface area contributed by atoms with Gasteiger partial charge in [0, 0.05) is 26.1 Å². The van der Waals surface area contributed by atoms with Gasteiger partial charge in [0.2, 0.25) is 11.8 Å². The van der Waals surface area contributed by atoms with Crippen LogP contribution in [0.5, 0.6) is 0 Å². The summed E-state index contributed by atoms with van der Waals surface area (Å²) >= 11 is 0. The molecule has 0 aromatic rings. The Hall–Kier alpha value is -1.10. The number of amides is 2. The predicted molar refractivity (Wildman–Crippen MR) is 61.6 cm³/mol. The number of carbonyl (C=O) groups excluding carboxylic acids is 2. The Balaban J connectivity index is 0.000000160. The Labute approximate surface area is 96.1 Å². The minimum atomic E-state index is 0.0926. The van der Waals surface area contributed by atoms with Crippen molar-refractivity contribution >= 4 is 11.8 Å². The van der Waals surface area contributed by atoms with Crippen molar-refractivity contribution in [3.05, 3.63) is 0 Å². The third-order valence-electron chi connectivity index (χ3n) is 3.09. The third kappa shape index (κ3) is 3.81. The molecule has 2 fully saturated rings. The van der Waals surface area contributed by atoms with Gasteiger partial charge >= 0.3 is 0 Å². The first-order valence-corrected chi connectivity index (χ1v) is 5.91. The molecule has 0 aromatic heterocycles. The number of nitrogens with two attached hydrogens (primary N) is 1. The Morgan fingerprint density at radius 3 is 2.38 bits per heavy atom. The van der Waals surface area contributed by atoms with Gasteiger partial charge in [0.25, 0.3) is 0 Å². The summed E-state index contributed by atoms with van der Waals surface area (Å²) in [4.78, 5) is 21.1. The summed E-state index contributed by atoms with van der Waals surface area (Å²) in [7, 11) is 0. The molecule has 5 heteroatoms. The van der Waals surface area contributed by atoms with Gasteiger partial charge in [-0.05, 0) is 12.3 Å². The molecule has 2 amide bonds. The Kier molecular flexibility index (Phi) is 5.25. The minimum Gasteiger partial charge on any atom is -0.356 e. The number of carbonyl (C=O) groups is 2. The average Bonchev–Trinajstić information content (AvgIpc) is 2.87. The van der Waals surface area contributed by atoms with Gasteiger partial charge in [-0.2, -0.15) is 0 Å². The molecule has 0 spiro atoms. The van der Waals surface area contributed by atoms with Crippen molar-refractivity contribution in [3.63, 3.8) is 0 Å². The zero-order valence-electron chi connectivity index (χ0n) is 9.79. The Morgan fingerprint density at radius 1 is 1.38 bits per heavy atom. The maximum atomic E-state index is 10.6. The van der Waals surface area contributed by atoms with E-state index >= 15 is 0 Å². The van der Waals surface area contributed by atoms with Crippen LogP contribution in [0, 0.1) is 11.8 Å². The van der Waals surface area contributed by atoms with Crippen molar-refractivity contribution in [1.82, 2.24) is 10.6 Å². The lowest BCUT2D eigenvalue weighted by molar-refractivity contribution is -0.122. The molecule has 0 bridgehead atoms. The van der Waals surface area contributed by atoms with E-state index in [-0.39, 0.29) is 17.7 Å². The summed E-state index contributed by atoms with van der Waals surface area (Å²) in [5, 5.41) is 5.48. The van der Waals surface area contributed by atoms with Crippen molar-refractivity contribution in [3.8, 4) is 0 Å². The van der Waals surface area contributed by atoms with Crippen LogP contribution in [-0.4, -0.2) is 31.4 Å². The lowest BCUT2D eigenvalue weighted by Crippen LogP contribution is -2.24. The Bertz CT molecular complexity index is 256. The van der Waals surface area contributed by atoms with Crippen molar-refractivity contribution in [2.45, 2.75) is 26.2 Å². The molecule has 2 unspecified atom stereocenters. The monoisotopic (exact) mass is 227 g/mol. The lowest BCUT2D eigenvalue weighted by Gasteiger charge is -1.97. The first-order chi connectivity index (χ1) is 7.67. The normalized spacial score (nSPS) is 28.1. The summed E-state index contributed by atoms with van der Waals surface area (Å²) < 4.78 is 0. The molecule has 2 saturated heterocycles. The molecule has 2 aliphatic heterocycles. The van der Waals surface area contributed by atoms with Crippen LogP contribution in [-0.2, 0) is 9.59 Å². The van der Waals surface area contributed by atoms with Gasteiger partial charge in [0.15, 0.2) is 0 Å². The maximum Gasteiger partial charge on any atom is 0.224 e. The molecule has 2 heterocycles. The summed E-state index contributed by atoms with van der Waals surface area (Å²) in [6, 6.07) is 0. The van der Waals surface area contributed by atoms with Crippen LogP contribution in [0.1, 0.15) is 26.2 Å². The SMILES string of the molecule is CCC1CNC(=O)C1.NCC1CCNC1=O. The van der Waals surface area contributed by atoms with E-state index in [0.29, 0.717) is 12.5 Å². The topological polar surface area (TPSA) is 84.2 Å². The van der Waals surface area contributed by atoms with Crippen molar-refractivity contribution in [2.24, 2.45) is 17.6 Å². The largest absolute Gasteiger partial charge is 0.356 e. The van der Waals surface area contributed by atoms with Crippen LogP contribution >= 0.6 is 0 Å². The molecule has 2 rings (SSSR count). The van der Waals surface area contributed by atoms with Crippen LogP contribution < -0.4 is 16.4 Å². The van der Waals surface area contributed by atoms with E-state index in [9.17, 15) is 9.59 Å². The number of hydrogen-bond donors (Lipinski definition) is 3. The van der Waals surface area contributed by atoms with E-state index in [1.165, 1.54) is 0 Å². The summed E-state index contributed by atoms with van der Waals surface area (Å²) in [6.45, 7) is 4.31. The molecular formula is C11H21N3O2. The quantitative estimate of drug-likeness (QED) is 0.601. The van der Waals surface area contributed by atoms with E-state index in [2.05, 4.69) is 17.6 Å². The van der Waals surface area contributed by atoms with E-state index in [1.54, 1.807) is 0 Å². The highest BCUT2D eigenvalue weighted by Gasteiger charge is 2.21. The van der Waals surface area contributed by atoms with E-state index in [1.807, 2.05) is 0 Å². The fourth-order valence-electron chi connectivity index (χ4n) is 1.82. The van der Waals surface area contributed by atoms with Crippen molar-refractivity contribution < 1.29 is 9.59 Å². The lowest BCUT2D eigenvalue weighted by atomic mass is 10.1. The van der Waals surface area contributed by atoms with E-state index in [0.717, 1.165) is 32.4 Å². The standard InChI is InChI=1S/C6H11NO.C5H10N2O/c1-2-5-3-6(8)7-4-5;6-3-4-1-2-7-5(4)8/h5H,2-4H2,1H3,(H,7,8);4H,1-3,6H2,(H,7,8). The number of rotatable bonds is 2. The Morgan fingerprint density at radius 2 is 2.12 bits per heavy atom. The summed E-state index contributed by atoms with van der Waals surface area (Å²) in [5.41, 5.74) is 5.26. The van der Waals surface area contributed by atoms with Gasteiger partial charge in [0.05, 0.1) is 5.92 Å². The third-order valence-corrected chi connectivity index (χ3v) is 3.09. The van der Waals surface area contributed by atoms with Crippen molar-refractivity contribution in [2.75, 3.05) is 19.6 Å². The summed E-state index contributed by atoms with van der Waals surface area (Å²) in [6.07, 6.45) is 2.78. The molecule has 2 atom stereocenters. The molecule has 0 radical (unpaired) electrons. The van der Waals surface area contributed by atoms with Crippen LogP contribution in [0.25, 0.3) is 0 Å². The molecule has 2 aliphatic rings. The second kappa shape index (κ2) is 6.48.